The Hall–Kier alpha value is -2.92. The summed E-state index contributed by atoms with van der Waals surface area (Å²) in [4.78, 5) is 6.48. The van der Waals surface area contributed by atoms with Gasteiger partial charge in [-0.15, -0.1) is 11.3 Å². The molecule has 0 bridgehead atoms. The van der Waals surface area contributed by atoms with E-state index in [0.717, 1.165) is 22.5 Å². The molecule has 130 valence electrons. The van der Waals surface area contributed by atoms with Crippen molar-refractivity contribution in [3.05, 3.63) is 75.8 Å². The molecule has 2 aromatic carbocycles. The predicted octanol–water partition coefficient (Wildman–Crippen LogP) is 5.19. The Bertz CT molecular complexity index is 1020. The van der Waals surface area contributed by atoms with Crippen molar-refractivity contribution in [2.24, 2.45) is 0 Å². The zero-order chi connectivity index (χ0) is 18.3. The zero-order valence-electron chi connectivity index (χ0n) is 14.7. The number of nitrogens with zero attached hydrogens (tertiary/aromatic N) is 2. The van der Waals surface area contributed by atoms with Crippen LogP contribution >= 0.6 is 11.3 Å². The van der Waals surface area contributed by atoms with E-state index in [-0.39, 0.29) is 11.6 Å². The van der Waals surface area contributed by atoms with E-state index in [4.69, 9.17) is 5.41 Å². The van der Waals surface area contributed by atoms with Crippen LogP contribution in [0, 0.1) is 19.3 Å². The number of hydrogen-bond donors (Lipinski definition) is 2. The number of rotatable bonds is 3. The molecule has 1 aliphatic heterocycles. The molecule has 4 nitrogen and oxygen atoms in total. The van der Waals surface area contributed by atoms with Crippen molar-refractivity contribution >= 4 is 28.4 Å². The molecular formula is C21H19N3OS. The van der Waals surface area contributed by atoms with Gasteiger partial charge in [0.1, 0.15) is 16.6 Å². The van der Waals surface area contributed by atoms with Gasteiger partial charge < -0.3 is 10.0 Å². The lowest BCUT2D eigenvalue weighted by atomic mass is 10.1. The minimum absolute atomic E-state index is 0.196. The highest BCUT2D eigenvalue weighted by Gasteiger charge is 2.31. The lowest BCUT2D eigenvalue weighted by Crippen LogP contribution is -2.26. The number of aliphatic hydroxyl groups excluding tert-OH is 1. The summed E-state index contributed by atoms with van der Waals surface area (Å²) in [5, 5.41) is 21.7. The molecule has 26 heavy (non-hydrogen) atoms. The normalized spacial score (nSPS) is 14.4. The molecule has 1 aromatic heterocycles. The van der Waals surface area contributed by atoms with Crippen LogP contribution in [-0.2, 0) is 0 Å². The van der Waals surface area contributed by atoms with Gasteiger partial charge in [0.15, 0.2) is 0 Å². The van der Waals surface area contributed by atoms with E-state index in [1.807, 2.05) is 53.6 Å². The molecule has 0 amide bonds. The van der Waals surface area contributed by atoms with Gasteiger partial charge in [0, 0.05) is 16.6 Å². The summed E-state index contributed by atoms with van der Waals surface area (Å²) < 4.78 is 0. The van der Waals surface area contributed by atoms with Crippen LogP contribution in [0.15, 0.2) is 59.7 Å². The third kappa shape index (κ3) is 2.91. The van der Waals surface area contributed by atoms with E-state index in [1.165, 1.54) is 16.9 Å². The van der Waals surface area contributed by atoms with Gasteiger partial charge in [-0.2, -0.15) is 0 Å². The molecule has 5 heteroatoms. The van der Waals surface area contributed by atoms with Crippen molar-refractivity contribution in [2.75, 3.05) is 11.4 Å². The fourth-order valence-electron chi connectivity index (χ4n) is 3.07. The third-order valence-electron chi connectivity index (χ3n) is 4.48. The number of aryl methyl sites for hydroxylation is 2. The number of aromatic nitrogens is 1. The molecule has 0 unspecified atom stereocenters. The van der Waals surface area contributed by atoms with Crippen LogP contribution in [0.3, 0.4) is 0 Å². The molecule has 1 aliphatic rings. The molecule has 0 aliphatic carbocycles. The van der Waals surface area contributed by atoms with Gasteiger partial charge in [-0.05, 0) is 31.5 Å². The van der Waals surface area contributed by atoms with Crippen molar-refractivity contribution in [1.29, 1.82) is 5.41 Å². The number of aliphatic hydroxyl groups is 1. The first-order chi connectivity index (χ1) is 12.5. The highest BCUT2D eigenvalue weighted by atomic mass is 32.1. The van der Waals surface area contributed by atoms with E-state index in [2.05, 4.69) is 24.0 Å². The summed E-state index contributed by atoms with van der Waals surface area (Å²) >= 11 is 1.46. The van der Waals surface area contributed by atoms with E-state index in [0.29, 0.717) is 17.1 Å². The fraction of sp³-hybridized carbons (Fsp3) is 0.143. The van der Waals surface area contributed by atoms with Crippen molar-refractivity contribution in [2.45, 2.75) is 13.8 Å². The van der Waals surface area contributed by atoms with Gasteiger partial charge >= 0.3 is 0 Å². The Morgan fingerprint density at radius 3 is 2.58 bits per heavy atom. The third-order valence-corrected chi connectivity index (χ3v) is 5.34. The summed E-state index contributed by atoms with van der Waals surface area (Å²) in [6.45, 7) is 4.38. The Morgan fingerprint density at radius 2 is 1.85 bits per heavy atom. The summed E-state index contributed by atoms with van der Waals surface area (Å²) in [5.41, 5.74) is 5.67. The summed E-state index contributed by atoms with van der Waals surface area (Å²) in [6.07, 6.45) is 0. The van der Waals surface area contributed by atoms with E-state index < -0.39 is 0 Å². The average Bonchev–Trinajstić information content (AvgIpc) is 3.20. The van der Waals surface area contributed by atoms with Gasteiger partial charge in [-0.3, -0.25) is 5.41 Å². The molecule has 2 N–H and O–H groups in total. The van der Waals surface area contributed by atoms with Gasteiger partial charge in [-0.1, -0.05) is 42.0 Å². The van der Waals surface area contributed by atoms with Crippen LogP contribution in [0.25, 0.3) is 16.8 Å². The Kier molecular flexibility index (Phi) is 4.09. The first kappa shape index (κ1) is 16.5. The second-order valence-corrected chi connectivity index (χ2v) is 7.36. The molecule has 0 fully saturated rings. The molecule has 3 aromatic rings. The van der Waals surface area contributed by atoms with Crippen LogP contribution < -0.4 is 4.90 Å². The molecule has 0 spiro atoms. The average molecular weight is 361 g/mol. The van der Waals surface area contributed by atoms with E-state index in [1.54, 1.807) is 0 Å². The molecule has 0 radical (unpaired) electrons. The highest BCUT2D eigenvalue weighted by molar-refractivity contribution is 7.11. The number of amidine groups is 1. The summed E-state index contributed by atoms with van der Waals surface area (Å²) in [5.74, 6) is 0.485. The second kappa shape index (κ2) is 6.42. The number of thiazole rings is 1. The molecule has 0 atom stereocenters. The first-order valence-electron chi connectivity index (χ1n) is 8.41. The second-order valence-electron chi connectivity index (χ2n) is 6.50. The Labute approximate surface area is 156 Å². The minimum Gasteiger partial charge on any atom is -0.510 e. The van der Waals surface area contributed by atoms with Crippen LogP contribution in [0.5, 0.6) is 0 Å². The zero-order valence-corrected chi connectivity index (χ0v) is 15.5. The van der Waals surface area contributed by atoms with Gasteiger partial charge in [-0.25, -0.2) is 4.98 Å². The maximum absolute atomic E-state index is 10.5. The van der Waals surface area contributed by atoms with Crippen LogP contribution in [-0.4, -0.2) is 22.5 Å². The summed E-state index contributed by atoms with van der Waals surface area (Å²) in [7, 11) is 0. The Morgan fingerprint density at radius 1 is 1.08 bits per heavy atom. The van der Waals surface area contributed by atoms with Crippen LogP contribution in [0.1, 0.15) is 16.1 Å². The molecule has 4 rings (SSSR count). The number of nitrogens with one attached hydrogen (secondary N) is 1. The summed E-state index contributed by atoms with van der Waals surface area (Å²) in [6, 6.07) is 16.2. The quantitative estimate of drug-likeness (QED) is 0.674. The van der Waals surface area contributed by atoms with Crippen LogP contribution in [0.2, 0.25) is 0 Å². The molecular weight excluding hydrogens is 342 g/mol. The van der Waals surface area contributed by atoms with Gasteiger partial charge in [0.25, 0.3) is 0 Å². The largest absolute Gasteiger partial charge is 0.510 e. The maximum Gasteiger partial charge on any atom is 0.139 e. The lowest BCUT2D eigenvalue weighted by molar-refractivity contribution is 0.411. The fourth-order valence-corrected chi connectivity index (χ4v) is 3.96. The first-order valence-corrected chi connectivity index (χ1v) is 9.29. The molecule has 0 saturated carbocycles. The molecule has 0 saturated heterocycles. The minimum atomic E-state index is 0.196. The van der Waals surface area contributed by atoms with Crippen LogP contribution in [0.4, 0.5) is 5.69 Å². The predicted molar refractivity (Wildman–Crippen MR) is 108 cm³/mol. The number of benzene rings is 2. The highest BCUT2D eigenvalue weighted by Crippen LogP contribution is 2.34. The van der Waals surface area contributed by atoms with Gasteiger partial charge in [0.05, 0.1) is 17.8 Å². The SMILES string of the molecule is Cc1ccc(-c2csc(C3=C(O)CN(c4cccc(C)c4)C3=N)n2)cc1. The van der Waals surface area contributed by atoms with Crippen molar-refractivity contribution in [1.82, 2.24) is 4.98 Å². The van der Waals surface area contributed by atoms with E-state index in [9.17, 15) is 5.11 Å². The standard InChI is InChI=1S/C21H19N3OS/c1-13-6-8-15(9-7-13)17-12-26-21(23-17)19-18(25)11-24(20(19)22)16-5-3-4-14(2)10-16/h3-10,12,22,25H,11H2,1-2H3. The van der Waals surface area contributed by atoms with Crippen molar-refractivity contribution in [3.63, 3.8) is 0 Å². The van der Waals surface area contributed by atoms with Crippen molar-refractivity contribution in [3.8, 4) is 11.3 Å². The number of anilines is 1. The topological polar surface area (TPSA) is 60.2 Å². The van der Waals surface area contributed by atoms with Crippen molar-refractivity contribution < 1.29 is 5.11 Å². The Balaban J connectivity index is 1.65. The smallest absolute Gasteiger partial charge is 0.139 e. The lowest BCUT2D eigenvalue weighted by Gasteiger charge is -2.18. The van der Waals surface area contributed by atoms with E-state index >= 15 is 0 Å². The van der Waals surface area contributed by atoms with Gasteiger partial charge in [0.2, 0.25) is 0 Å². The monoisotopic (exact) mass is 361 g/mol. The maximum atomic E-state index is 10.5. The molecule has 2 heterocycles. The number of hydrogen-bond acceptors (Lipinski definition) is 4.